The Labute approximate surface area is 119 Å². The lowest BCUT2D eigenvalue weighted by atomic mass is 10.1. The molecule has 0 saturated heterocycles. The molecule has 0 spiro atoms. The van der Waals surface area contributed by atoms with Gasteiger partial charge in [0.2, 0.25) is 0 Å². The maximum atomic E-state index is 10.5. The van der Waals surface area contributed by atoms with E-state index in [2.05, 4.69) is 4.98 Å². The summed E-state index contributed by atoms with van der Waals surface area (Å²) in [7, 11) is 0. The zero-order valence-electron chi connectivity index (χ0n) is 10.0. The van der Waals surface area contributed by atoms with E-state index in [1.54, 1.807) is 5.38 Å². The molecule has 1 aromatic heterocycles. The Morgan fingerprint density at radius 1 is 1.37 bits per heavy atom. The fourth-order valence-corrected chi connectivity index (χ4v) is 3.35. The molecule has 1 heterocycles. The summed E-state index contributed by atoms with van der Waals surface area (Å²) in [6, 6.07) is 9.43. The van der Waals surface area contributed by atoms with Crippen LogP contribution in [0.15, 0.2) is 40.1 Å². The summed E-state index contributed by atoms with van der Waals surface area (Å²) < 4.78 is 0.784. The number of nitrogens with zero attached hydrogens (tertiary/aromatic N) is 1. The van der Waals surface area contributed by atoms with Gasteiger partial charge in [-0.15, -0.1) is 11.3 Å². The molecule has 1 aromatic carbocycles. The van der Waals surface area contributed by atoms with Crippen LogP contribution in [0, 0.1) is 0 Å². The first-order chi connectivity index (χ1) is 9.15. The molecule has 0 aliphatic carbocycles. The van der Waals surface area contributed by atoms with Crippen LogP contribution < -0.4 is 0 Å². The van der Waals surface area contributed by atoms with E-state index in [-0.39, 0.29) is 6.42 Å². The number of benzene rings is 1. The van der Waals surface area contributed by atoms with Gasteiger partial charge in [-0.2, -0.15) is 0 Å². The highest BCUT2D eigenvalue weighted by molar-refractivity contribution is 8.01. The van der Waals surface area contributed by atoms with Crippen molar-refractivity contribution in [2.24, 2.45) is 0 Å². The highest BCUT2D eigenvalue weighted by atomic mass is 32.2. The van der Waals surface area contributed by atoms with Crippen molar-refractivity contribution in [2.45, 2.75) is 16.9 Å². The van der Waals surface area contributed by atoms with E-state index < -0.39 is 12.1 Å². The fourth-order valence-electron chi connectivity index (χ4n) is 1.51. The lowest BCUT2D eigenvalue weighted by Crippen LogP contribution is -2.01. The lowest BCUT2D eigenvalue weighted by molar-refractivity contribution is -0.136. The Hall–Kier alpha value is -1.37. The third kappa shape index (κ3) is 4.34. The number of aliphatic carboxylic acids is 1. The first kappa shape index (κ1) is 14.0. The van der Waals surface area contributed by atoms with E-state index in [1.165, 1.54) is 23.1 Å². The summed E-state index contributed by atoms with van der Waals surface area (Å²) in [6.45, 7) is 0. The number of aliphatic hydroxyl groups is 1. The molecule has 1 unspecified atom stereocenters. The molecular formula is C13H13NO3S2. The van der Waals surface area contributed by atoms with Crippen molar-refractivity contribution < 1.29 is 15.0 Å². The molecule has 100 valence electrons. The molecule has 0 aliphatic heterocycles. The highest BCUT2D eigenvalue weighted by Crippen LogP contribution is 2.27. The van der Waals surface area contributed by atoms with Gasteiger partial charge in [0.05, 0.1) is 18.2 Å². The van der Waals surface area contributed by atoms with Crippen molar-refractivity contribution in [1.82, 2.24) is 4.98 Å². The Morgan fingerprint density at radius 2 is 2.11 bits per heavy atom. The molecule has 0 saturated carbocycles. The average Bonchev–Trinajstić information content (AvgIpc) is 2.84. The van der Waals surface area contributed by atoms with Crippen LogP contribution in [0.4, 0.5) is 0 Å². The number of carboxylic acids is 1. The van der Waals surface area contributed by atoms with Gasteiger partial charge in [-0.3, -0.25) is 4.79 Å². The fraction of sp³-hybridized carbons (Fsp3) is 0.231. The molecule has 1 atom stereocenters. The lowest BCUT2D eigenvalue weighted by Gasteiger charge is -2.08. The third-order valence-electron chi connectivity index (χ3n) is 2.41. The van der Waals surface area contributed by atoms with Crippen LogP contribution in [0.3, 0.4) is 0 Å². The number of aliphatic hydroxyl groups excluding tert-OH is 1. The Balaban J connectivity index is 1.88. The van der Waals surface area contributed by atoms with Crippen LogP contribution >= 0.6 is 23.1 Å². The van der Waals surface area contributed by atoms with E-state index in [1.807, 2.05) is 30.3 Å². The zero-order valence-corrected chi connectivity index (χ0v) is 11.7. The maximum Gasteiger partial charge on any atom is 0.309 e. The molecule has 0 amide bonds. The van der Waals surface area contributed by atoms with Crippen molar-refractivity contribution in [2.75, 3.05) is 5.75 Å². The van der Waals surface area contributed by atoms with Crippen molar-refractivity contribution in [3.8, 4) is 0 Å². The first-order valence-corrected chi connectivity index (χ1v) is 7.53. The van der Waals surface area contributed by atoms with Gasteiger partial charge in [-0.25, -0.2) is 4.98 Å². The topological polar surface area (TPSA) is 70.4 Å². The number of hydrogen-bond donors (Lipinski definition) is 2. The van der Waals surface area contributed by atoms with Gasteiger partial charge in [0, 0.05) is 11.1 Å². The minimum Gasteiger partial charge on any atom is -0.481 e. The molecule has 0 bridgehead atoms. The quantitative estimate of drug-likeness (QED) is 0.802. The molecule has 2 aromatic rings. The van der Waals surface area contributed by atoms with Gasteiger partial charge in [0.1, 0.15) is 4.34 Å². The molecule has 0 aliphatic rings. The van der Waals surface area contributed by atoms with E-state index in [0.29, 0.717) is 11.4 Å². The molecule has 4 nitrogen and oxygen atoms in total. The minimum absolute atomic E-state index is 0.0572. The van der Waals surface area contributed by atoms with E-state index in [9.17, 15) is 9.90 Å². The molecule has 2 N–H and O–H groups in total. The monoisotopic (exact) mass is 295 g/mol. The minimum atomic E-state index is -0.883. The average molecular weight is 295 g/mol. The second kappa shape index (κ2) is 6.70. The molecule has 2 rings (SSSR count). The van der Waals surface area contributed by atoms with E-state index >= 15 is 0 Å². The maximum absolute atomic E-state index is 10.5. The summed E-state index contributed by atoms with van der Waals surface area (Å²) in [5.41, 5.74) is 1.44. The number of thioether (sulfide) groups is 1. The summed E-state index contributed by atoms with van der Waals surface area (Å²) in [4.78, 5) is 14.8. The van der Waals surface area contributed by atoms with Crippen LogP contribution in [-0.2, 0) is 11.2 Å². The third-order valence-corrected chi connectivity index (χ3v) is 4.56. The van der Waals surface area contributed by atoms with Crippen molar-refractivity contribution in [3.05, 3.63) is 47.0 Å². The van der Waals surface area contributed by atoms with Crippen LogP contribution in [0.1, 0.15) is 17.4 Å². The molecule has 0 radical (unpaired) electrons. The summed E-state index contributed by atoms with van der Waals surface area (Å²) in [6.07, 6.45) is -0.601. The van der Waals surface area contributed by atoms with Gasteiger partial charge >= 0.3 is 5.97 Å². The summed E-state index contributed by atoms with van der Waals surface area (Å²) in [5.74, 6) is -0.379. The number of thiazole rings is 1. The molecule has 6 heteroatoms. The van der Waals surface area contributed by atoms with Crippen molar-refractivity contribution >= 4 is 29.1 Å². The summed E-state index contributed by atoms with van der Waals surface area (Å²) in [5, 5.41) is 20.4. The highest BCUT2D eigenvalue weighted by Gasteiger charge is 2.10. The second-order valence-corrected chi connectivity index (χ2v) is 6.04. The van der Waals surface area contributed by atoms with Gasteiger partial charge in [0.25, 0.3) is 0 Å². The standard InChI is InChI=1S/C13H13NO3S2/c15-11(9-4-2-1-3-5-9)8-19-13-14-10(7-18-13)6-12(16)17/h1-5,7,11,15H,6,8H2,(H,16,17). The van der Waals surface area contributed by atoms with Gasteiger partial charge in [-0.1, -0.05) is 42.1 Å². The smallest absolute Gasteiger partial charge is 0.309 e. The Bertz CT molecular complexity index is 542. The van der Waals surface area contributed by atoms with Crippen LogP contribution in [0.25, 0.3) is 0 Å². The van der Waals surface area contributed by atoms with Crippen LogP contribution in [0.5, 0.6) is 0 Å². The van der Waals surface area contributed by atoms with E-state index in [0.717, 1.165) is 9.90 Å². The number of hydrogen-bond acceptors (Lipinski definition) is 5. The second-order valence-electron chi connectivity index (χ2n) is 3.91. The zero-order chi connectivity index (χ0) is 13.7. The number of carboxylic acid groups (broad SMARTS) is 1. The molecular weight excluding hydrogens is 282 g/mol. The van der Waals surface area contributed by atoms with Gasteiger partial charge < -0.3 is 10.2 Å². The van der Waals surface area contributed by atoms with Gasteiger partial charge in [0.15, 0.2) is 0 Å². The van der Waals surface area contributed by atoms with Crippen molar-refractivity contribution in [3.63, 3.8) is 0 Å². The predicted octanol–water partition coefficient (Wildman–Crippen LogP) is 2.60. The Kier molecular flexibility index (Phi) is 4.95. The molecule has 0 fully saturated rings. The SMILES string of the molecule is O=C(O)Cc1csc(SCC(O)c2ccccc2)n1. The largest absolute Gasteiger partial charge is 0.481 e. The van der Waals surface area contributed by atoms with E-state index in [4.69, 9.17) is 5.11 Å². The predicted molar refractivity (Wildman–Crippen MR) is 75.6 cm³/mol. The first-order valence-electron chi connectivity index (χ1n) is 5.67. The van der Waals surface area contributed by atoms with Crippen LogP contribution in [0.2, 0.25) is 0 Å². The number of carbonyl (C=O) groups is 1. The van der Waals surface area contributed by atoms with Gasteiger partial charge in [-0.05, 0) is 5.56 Å². The Morgan fingerprint density at radius 3 is 2.79 bits per heavy atom. The molecule has 19 heavy (non-hydrogen) atoms. The number of rotatable bonds is 6. The van der Waals surface area contributed by atoms with Crippen molar-refractivity contribution in [1.29, 1.82) is 0 Å². The van der Waals surface area contributed by atoms with Crippen LogP contribution in [-0.4, -0.2) is 26.9 Å². The normalized spacial score (nSPS) is 12.3. The number of aromatic nitrogens is 1. The summed E-state index contributed by atoms with van der Waals surface area (Å²) >= 11 is 2.84.